The molecular formula is C23H17N3S3. The second kappa shape index (κ2) is 7.99. The van der Waals surface area contributed by atoms with Crippen molar-refractivity contribution in [2.75, 3.05) is 11.6 Å². The maximum Gasteiger partial charge on any atom is 0.190 e. The van der Waals surface area contributed by atoms with Crippen LogP contribution >= 0.6 is 34.4 Å². The number of fused-ring (bicyclic) bond motifs is 1. The molecule has 2 heterocycles. The van der Waals surface area contributed by atoms with E-state index in [0.717, 1.165) is 31.9 Å². The van der Waals surface area contributed by atoms with E-state index in [-0.39, 0.29) is 0 Å². The number of para-hydroxylation sites is 1. The Kier molecular flexibility index (Phi) is 5.06. The van der Waals surface area contributed by atoms with Crippen LogP contribution < -0.4 is 5.32 Å². The Labute approximate surface area is 181 Å². The molecule has 0 spiro atoms. The van der Waals surface area contributed by atoms with Crippen LogP contribution in [0.25, 0.3) is 31.9 Å². The van der Waals surface area contributed by atoms with Gasteiger partial charge in [0, 0.05) is 10.5 Å². The fourth-order valence-electron chi connectivity index (χ4n) is 3.18. The Morgan fingerprint density at radius 3 is 2.14 bits per heavy atom. The smallest absolute Gasteiger partial charge is 0.190 e. The maximum absolute atomic E-state index is 4.93. The predicted octanol–water partition coefficient (Wildman–Crippen LogP) is 7.55. The first-order chi connectivity index (χ1) is 14.3. The summed E-state index contributed by atoms with van der Waals surface area (Å²) in [6, 6.07) is 27.1. The zero-order valence-electron chi connectivity index (χ0n) is 15.6. The first-order valence-corrected chi connectivity index (χ1v) is 12.0. The lowest BCUT2D eigenvalue weighted by Gasteiger charge is -2.02. The molecule has 5 rings (SSSR count). The Balaban J connectivity index is 1.57. The lowest BCUT2D eigenvalue weighted by Crippen LogP contribution is -1.88. The minimum atomic E-state index is 0.854. The Morgan fingerprint density at radius 2 is 1.41 bits per heavy atom. The van der Waals surface area contributed by atoms with Crippen LogP contribution in [0.15, 0.2) is 83.8 Å². The molecule has 0 amide bonds. The van der Waals surface area contributed by atoms with Crippen molar-refractivity contribution < 1.29 is 0 Å². The number of aromatic nitrogens is 2. The SMILES string of the molecule is CSc1cccc2sc(Nc3nc(-c4ccccc4)c(-c4ccccc4)s3)nc12. The molecule has 0 bridgehead atoms. The average molecular weight is 432 g/mol. The van der Waals surface area contributed by atoms with E-state index in [1.54, 1.807) is 34.4 Å². The summed E-state index contributed by atoms with van der Waals surface area (Å²) in [5.74, 6) is 0. The van der Waals surface area contributed by atoms with E-state index in [0.29, 0.717) is 0 Å². The van der Waals surface area contributed by atoms with Crippen LogP contribution in [-0.2, 0) is 0 Å². The van der Waals surface area contributed by atoms with E-state index in [2.05, 4.69) is 66.2 Å². The first-order valence-electron chi connectivity index (χ1n) is 9.14. The van der Waals surface area contributed by atoms with Gasteiger partial charge in [0.25, 0.3) is 0 Å². The molecule has 2 aromatic heterocycles. The highest BCUT2D eigenvalue weighted by molar-refractivity contribution is 7.98. The van der Waals surface area contributed by atoms with Crippen LogP contribution in [0.2, 0.25) is 0 Å². The average Bonchev–Trinajstić information content (AvgIpc) is 3.39. The fourth-order valence-corrected chi connectivity index (χ4v) is 5.76. The van der Waals surface area contributed by atoms with Gasteiger partial charge >= 0.3 is 0 Å². The van der Waals surface area contributed by atoms with Crippen LogP contribution in [-0.4, -0.2) is 16.2 Å². The molecule has 3 nitrogen and oxygen atoms in total. The van der Waals surface area contributed by atoms with Crippen molar-refractivity contribution in [1.82, 2.24) is 9.97 Å². The third-order valence-corrected chi connectivity index (χ3v) is 7.25. The number of hydrogen-bond donors (Lipinski definition) is 1. The van der Waals surface area contributed by atoms with E-state index in [9.17, 15) is 0 Å². The lowest BCUT2D eigenvalue weighted by molar-refractivity contribution is 1.35. The van der Waals surface area contributed by atoms with Crippen molar-refractivity contribution in [3.05, 3.63) is 78.9 Å². The number of thiazole rings is 2. The van der Waals surface area contributed by atoms with Gasteiger partial charge in [-0.05, 0) is 24.0 Å². The van der Waals surface area contributed by atoms with E-state index in [4.69, 9.17) is 9.97 Å². The van der Waals surface area contributed by atoms with E-state index in [1.165, 1.54) is 15.2 Å². The molecule has 5 aromatic rings. The fraction of sp³-hybridized carbons (Fsp3) is 0.0435. The highest BCUT2D eigenvalue weighted by Crippen LogP contribution is 2.41. The van der Waals surface area contributed by atoms with Crippen molar-refractivity contribution >= 4 is 54.9 Å². The van der Waals surface area contributed by atoms with Crippen molar-refractivity contribution in [3.63, 3.8) is 0 Å². The minimum Gasteiger partial charge on any atom is -0.307 e. The molecule has 29 heavy (non-hydrogen) atoms. The molecule has 0 atom stereocenters. The largest absolute Gasteiger partial charge is 0.307 e. The van der Waals surface area contributed by atoms with Gasteiger partial charge in [-0.15, -0.1) is 11.8 Å². The van der Waals surface area contributed by atoms with Crippen LogP contribution in [0.4, 0.5) is 10.3 Å². The molecule has 3 aromatic carbocycles. The Morgan fingerprint density at radius 1 is 0.724 bits per heavy atom. The summed E-state index contributed by atoms with van der Waals surface area (Å²) < 4.78 is 1.18. The van der Waals surface area contributed by atoms with Gasteiger partial charge in [0.1, 0.15) is 0 Å². The molecule has 0 aliphatic carbocycles. The summed E-state index contributed by atoms with van der Waals surface area (Å²) in [7, 11) is 0. The van der Waals surface area contributed by atoms with Crippen molar-refractivity contribution in [1.29, 1.82) is 0 Å². The van der Waals surface area contributed by atoms with Crippen molar-refractivity contribution in [2.45, 2.75) is 4.90 Å². The summed E-state index contributed by atoms with van der Waals surface area (Å²) in [4.78, 5) is 12.1. The summed E-state index contributed by atoms with van der Waals surface area (Å²) >= 11 is 5.04. The summed E-state index contributed by atoms with van der Waals surface area (Å²) in [5, 5.41) is 5.17. The number of anilines is 2. The van der Waals surface area contributed by atoms with Gasteiger partial charge in [0.15, 0.2) is 10.3 Å². The number of rotatable bonds is 5. The summed E-state index contributed by atoms with van der Waals surface area (Å²) in [6.45, 7) is 0. The summed E-state index contributed by atoms with van der Waals surface area (Å²) in [5.41, 5.74) is 4.33. The highest BCUT2D eigenvalue weighted by atomic mass is 32.2. The molecular weight excluding hydrogens is 414 g/mol. The van der Waals surface area contributed by atoms with Gasteiger partial charge in [0.2, 0.25) is 0 Å². The van der Waals surface area contributed by atoms with Gasteiger partial charge < -0.3 is 5.32 Å². The van der Waals surface area contributed by atoms with Gasteiger partial charge in [0.05, 0.1) is 20.8 Å². The van der Waals surface area contributed by atoms with Crippen LogP contribution in [0.3, 0.4) is 0 Å². The molecule has 1 N–H and O–H groups in total. The number of thioether (sulfide) groups is 1. The molecule has 0 aliphatic rings. The van der Waals surface area contributed by atoms with Gasteiger partial charge in [-0.25, -0.2) is 9.97 Å². The van der Waals surface area contributed by atoms with Crippen LogP contribution in [0, 0.1) is 0 Å². The molecule has 0 radical (unpaired) electrons. The molecule has 0 aliphatic heterocycles. The quantitative estimate of drug-likeness (QED) is 0.291. The van der Waals surface area contributed by atoms with Gasteiger partial charge in [-0.1, -0.05) is 89.4 Å². The first kappa shape index (κ1) is 18.4. The topological polar surface area (TPSA) is 37.8 Å². The second-order valence-corrected chi connectivity index (χ2v) is 9.26. The predicted molar refractivity (Wildman–Crippen MR) is 128 cm³/mol. The van der Waals surface area contributed by atoms with Gasteiger partial charge in [-0.3, -0.25) is 0 Å². The molecule has 142 valence electrons. The number of nitrogens with one attached hydrogen (secondary N) is 1. The monoisotopic (exact) mass is 431 g/mol. The normalized spacial score (nSPS) is 11.1. The standard InChI is InChI=1S/C23H17N3S3/c1-27-17-13-8-14-18-20(17)25-22(28-18)26-23-24-19(15-9-4-2-5-10-15)21(29-23)16-11-6-3-7-12-16/h2-14H,1H3,(H,24,25,26). The van der Waals surface area contributed by atoms with E-state index < -0.39 is 0 Å². The van der Waals surface area contributed by atoms with Crippen LogP contribution in [0.5, 0.6) is 0 Å². The van der Waals surface area contributed by atoms with E-state index >= 15 is 0 Å². The molecule has 0 unspecified atom stereocenters. The number of benzene rings is 3. The minimum absolute atomic E-state index is 0.854. The zero-order valence-corrected chi connectivity index (χ0v) is 18.1. The zero-order chi connectivity index (χ0) is 19.6. The Bertz CT molecular complexity index is 1200. The molecule has 0 saturated heterocycles. The maximum atomic E-state index is 4.93. The second-order valence-electron chi connectivity index (χ2n) is 6.38. The lowest BCUT2D eigenvalue weighted by atomic mass is 10.1. The Hall–Kier alpha value is -2.67. The summed E-state index contributed by atoms with van der Waals surface area (Å²) in [6.07, 6.45) is 2.08. The number of hydrogen-bond acceptors (Lipinski definition) is 6. The molecule has 6 heteroatoms. The number of nitrogens with zero attached hydrogens (tertiary/aromatic N) is 2. The van der Waals surface area contributed by atoms with Gasteiger partial charge in [-0.2, -0.15) is 0 Å². The third kappa shape index (κ3) is 3.67. The third-order valence-electron chi connectivity index (χ3n) is 4.53. The van der Waals surface area contributed by atoms with Crippen LogP contribution in [0.1, 0.15) is 0 Å². The van der Waals surface area contributed by atoms with Crippen molar-refractivity contribution in [2.24, 2.45) is 0 Å². The molecule has 0 saturated carbocycles. The highest BCUT2D eigenvalue weighted by Gasteiger charge is 2.16. The van der Waals surface area contributed by atoms with E-state index in [1.807, 2.05) is 24.3 Å². The van der Waals surface area contributed by atoms with Crippen molar-refractivity contribution in [3.8, 4) is 21.7 Å². The molecule has 0 fully saturated rings.